The first kappa shape index (κ1) is 24.4. The lowest BCUT2D eigenvalue weighted by molar-refractivity contribution is 0.0418. The summed E-state index contributed by atoms with van der Waals surface area (Å²) in [6, 6.07) is 15.5. The van der Waals surface area contributed by atoms with Crippen LogP contribution in [-0.4, -0.2) is 38.0 Å². The Bertz CT molecular complexity index is 1360. The number of fused-ring (bicyclic) bond motifs is 1. The van der Waals surface area contributed by atoms with Gasteiger partial charge in [0.15, 0.2) is 0 Å². The summed E-state index contributed by atoms with van der Waals surface area (Å²) >= 11 is 6.34. The number of ether oxygens (including phenoxy) is 2. The van der Waals surface area contributed by atoms with Crippen LogP contribution in [0.3, 0.4) is 0 Å². The van der Waals surface area contributed by atoms with E-state index in [1.54, 1.807) is 45.0 Å². The van der Waals surface area contributed by atoms with Gasteiger partial charge in [-0.2, -0.15) is 5.10 Å². The van der Waals surface area contributed by atoms with Crippen LogP contribution >= 0.6 is 11.6 Å². The zero-order chi connectivity index (χ0) is 25.0. The van der Waals surface area contributed by atoms with Crippen molar-refractivity contribution in [2.75, 3.05) is 6.61 Å². The Morgan fingerprint density at radius 1 is 1.14 bits per heavy atom. The smallest absolute Gasteiger partial charge is 0.408 e. The van der Waals surface area contributed by atoms with Crippen molar-refractivity contribution in [2.45, 2.75) is 39.0 Å². The minimum atomic E-state index is -0.826. The van der Waals surface area contributed by atoms with Crippen LogP contribution in [0.15, 0.2) is 65.6 Å². The number of halogens is 1. The Kier molecular flexibility index (Phi) is 7.18. The molecule has 0 radical (unpaired) electrons. The fourth-order valence-electron chi connectivity index (χ4n) is 3.55. The van der Waals surface area contributed by atoms with Crippen molar-refractivity contribution in [3.63, 3.8) is 0 Å². The summed E-state index contributed by atoms with van der Waals surface area (Å²) in [6.07, 6.45) is 0.854. The summed E-state index contributed by atoms with van der Waals surface area (Å²) in [6.45, 7) is 5.64. The monoisotopic (exact) mass is 495 g/mol. The molecule has 10 heteroatoms. The molecule has 1 amide bonds. The summed E-state index contributed by atoms with van der Waals surface area (Å²) in [5.74, 6) is 0.617. The molecule has 2 aromatic heterocycles. The molecular formula is C25H26ClN5O4. The molecule has 0 saturated carbocycles. The van der Waals surface area contributed by atoms with Gasteiger partial charge >= 0.3 is 6.09 Å². The second-order valence-corrected chi connectivity index (χ2v) is 9.29. The molecule has 0 aliphatic heterocycles. The lowest BCUT2D eigenvalue weighted by Gasteiger charge is -2.25. The van der Waals surface area contributed by atoms with Crippen molar-refractivity contribution in [2.24, 2.45) is 0 Å². The lowest BCUT2D eigenvalue weighted by atomic mass is 10.2. The molecule has 1 atom stereocenters. The van der Waals surface area contributed by atoms with Crippen LogP contribution in [0.5, 0.6) is 0 Å². The number of H-pyrrole nitrogens is 1. The molecule has 182 valence electrons. The first-order valence-corrected chi connectivity index (χ1v) is 11.4. The number of nitrogens with zero attached hydrogens (tertiary/aromatic N) is 3. The number of rotatable bonds is 7. The predicted octanol–water partition coefficient (Wildman–Crippen LogP) is 4.54. The molecule has 35 heavy (non-hydrogen) atoms. The highest BCUT2D eigenvalue weighted by atomic mass is 35.5. The number of hydrogen-bond donors (Lipinski definition) is 2. The highest BCUT2D eigenvalue weighted by molar-refractivity contribution is 6.35. The second-order valence-electron chi connectivity index (χ2n) is 8.89. The van der Waals surface area contributed by atoms with Crippen LogP contribution in [0.4, 0.5) is 4.79 Å². The number of aromatic nitrogens is 4. The summed E-state index contributed by atoms with van der Waals surface area (Å²) in [4.78, 5) is 31.0. The normalized spacial score (nSPS) is 12.5. The molecule has 2 heterocycles. The number of hydrogen-bond acceptors (Lipinski definition) is 6. The Morgan fingerprint density at radius 3 is 2.60 bits per heavy atom. The number of aromatic amines is 1. The third-order valence-electron chi connectivity index (χ3n) is 5.00. The second kappa shape index (κ2) is 10.3. The molecule has 0 aliphatic rings. The van der Waals surface area contributed by atoms with Crippen molar-refractivity contribution in [1.29, 1.82) is 0 Å². The van der Waals surface area contributed by atoms with Crippen LogP contribution in [0, 0.1) is 0 Å². The molecular weight excluding hydrogens is 470 g/mol. The summed E-state index contributed by atoms with van der Waals surface area (Å²) in [5.41, 5.74) is 0.242. The quantitative estimate of drug-likeness (QED) is 0.389. The van der Waals surface area contributed by atoms with Gasteiger partial charge in [-0.15, -0.1) is 0 Å². The third-order valence-corrected chi connectivity index (χ3v) is 5.31. The van der Waals surface area contributed by atoms with Crippen LogP contribution in [0.2, 0.25) is 5.02 Å². The van der Waals surface area contributed by atoms with E-state index in [1.807, 2.05) is 30.3 Å². The molecule has 0 unspecified atom stereocenters. The fraction of sp³-hybridized carbons (Fsp3) is 0.280. The van der Waals surface area contributed by atoms with Gasteiger partial charge in [0.25, 0.3) is 5.56 Å². The lowest BCUT2D eigenvalue weighted by Crippen LogP contribution is -2.39. The van der Waals surface area contributed by atoms with E-state index in [1.165, 1.54) is 10.8 Å². The van der Waals surface area contributed by atoms with Gasteiger partial charge in [-0.05, 0) is 38.5 Å². The van der Waals surface area contributed by atoms with Crippen molar-refractivity contribution in [1.82, 2.24) is 25.1 Å². The van der Waals surface area contributed by atoms with Gasteiger partial charge in [0.2, 0.25) is 0 Å². The molecule has 4 rings (SSSR count). The van der Waals surface area contributed by atoms with E-state index in [0.29, 0.717) is 17.9 Å². The standard InChI is InChI=1S/C25H26ClN5O4/c1-25(2,3)35-24(33)29-19(15-34-14-16-8-5-4-6-9-16)22-28-18-11-7-10-17(26)21(18)23(32)31(22)20-12-13-27-30-20/h4-13,19H,14-15H2,1-3H3,(H,27,30)(H,29,33)/t19-/m0/s1. The predicted molar refractivity (Wildman–Crippen MR) is 133 cm³/mol. The maximum absolute atomic E-state index is 13.6. The minimum Gasteiger partial charge on any atom is -0.444 e. The van der Waals surface area contributed by atoms with E-state index in [4.69, 9.17) is 26.1 Å². The fourth-order valence-corrected chi connectivity index (χ4v) is 3.80. The van der Waals surface area contributed by atoms with Crippen LogP contribution < -0.4 is 10.9 Å². The number of carbonyl (C=O) groups excluding carboxylic acids is 1. The van der Waals surface area contributed by atoms with E-state index in [-0.39, 0.29) is 22.8 Å². The number of benzene rings is 2. The van der Waals surface area contributed by atoms with Crippen molar-refractivity contribution >= 4 is 28.6 Å². The largest absolute Gasteiger partial charge is 0.444 e. The van der Waals surface area contributed by atoms with Gasteiger partial charge < -0.3 is 14.8 Å². The van der Waals surface area contributed by atoms with Crippen LogP contribution in [0.1, 0.15) is 38.2 Å². The van der Waals surface area contributed by atoms with Gasteiger partial charge in [0.1, 0.15) is 23.3 Å². The van der Waals surface area contributed by atoms with Crippen LogP contribution in [0.25, 0.3) is 16.7 Å². The van der Waals surface area contributed by atoms with E-state index in [2.05, 4.69) is 15.5 Å². The number of amides is 1. The molecule has 0 fully saturated rings. The van der Waals surface area contributed by atoms with Gasteiger partial charge in [0.05, 0.1) is 35.3 Å². The highest BCUT2D eigenvalue weighted by Crippen LogP contribution is 2.23. The maximum atomic E-state index is 13.6. The summed E-state index contributed by atoms with van der Waals surface area (Å²) in [7, 11) is 0. The van der Waals surface area contributed by atoms with Gasteiger partial charge in [-0.25, -0.2) is 14.3 Å². The zero-order valence-corrected chi connectivity index (χ0v) is 20.4. The molecule has 0 saturated heterocycles. The molecule has 2 N–H and O–H groups in total. The topological polar surface area (TPSA) is 111 Å². The SMILES string of the molecule is CC(C)(C)OC(=O)N[C@@H](COCc1ccccc1)c1nc2cccc(Cl)c2c(=O)n1-c1ccn[nH]1. The first-order valence-electron chi connectivity index (χ1n) is 11.0. The van der Waals surface area contributed by atoms with E-state index < -0.39 is 23.3 Å². The molecule has 0 bridgehead atoms. The zero-order valence-electron chi connectivity index (χ0n) is 19.6. The molecule has 9 nitrogen and oxygen atoms in total. The Morgan fingerprint density at radius 2 is 1.91 bits per heavy atom. The molecule has 0 spiro atoms. The van der Waals surface area contributed by atoms with Gasteiger partial charge in [-0.1, -0.05) is 48.0 Å². The number of nitrogens with one attached hydrogen (secondary N) is 2. The Balaban J connectivity index is 1.77. The average molecular weight is 496 g/mol. The number of alkyl carbamates (subject to hydrolysis) is 1. The molecule has 0 aliphatic carbocycles. The Hall–Kier alpha value is -3.69. The van der Waals surface area contributed by atoms with Crippen molar-refractivity contribution in [3.05, 3.63) is 87.6 Å². The average Bonchev–Trinajstić information content (AvgIpc) is 3.32. The Labute approximate surface area is 207 Å². The molecule has 2 aromatic carbocycles. The first-order chi connectivity index (χ1) is 16.7. The van der Waals surface area contributed by atoms with E-state index in [0.717, 1.165) is 5.56 Å². The maximum Gasteiger partial charge on any atom is 0.408 e. The van der Waals surface area contributed by atoms with Crippen molar-refractivity contribution in [3.8, 4) is 5.82 Å². The number of carbonyl (C=O) groups is 1. The van der Waals surface area contributed by atoms with Gasteiger partial charge in [-0.3, -0.25) is 9.89 Å². The third kappa shape index (κ3) is 5.87. The minimum absolute atomic E-state index is 0.0286. The van der Waals surface area contributed by atoms with Gasteiger partial charge in [0, 0.05) is 6.07 Å². The summed E-state index contributed by atoms with van der Waals surface area (Å²) in [5, 5.41) is 10.1. The van der Waals surface area contributed by atoms with E-state index in [9.17, 15) is 9.59 Å². The van der Waals surface area contributed by atoms with Crippen molar-refractivity contribution < 1.29 is 14.3 Å². The molecule has 4 aromatic rings. The van der Waals surface area contributed by atoms with Crippen LogP contribution in [-0.2, 0) is 16.1 Å². The highest BCUT2D eigenvalue weighted by Gasteiger charge is 2.27. The summed E-state index contributed by atoms with van der Waals surface area (Å²) < 4.78 is 12.7. The van der Waals surface area contributed by atoms with E-state index >= 15 is 0 Å².